The summed E-state index contributed by atoms with van der Waals surface area (Å²) >= 11 is 6.14. The molecule has 10 nitrogen and oxygen atoms in total. The molecule has 31 heavy (non-hydrogen) atoms. The van der Waals surface area contributed by atoms with E-state index in [-0.39, 0.29) is 34.4 Å². The van der Waals surface area contributed by atoms with E-state index in [1.807, 2.05) is 0 Å². The number of halogens is 1. The van der Waals surface area contributed by atoms with Crippen LogP contribution in [0.1, 0.15) is 10.4 Å². The van der Waals surface area contributed by atoms with Gasteiger partial charge < -0.3 is 10.1 Å². The van der Waals surface area contributed by atoms with E-state index in [1.54, 1.807) is 24.3 Å². The smallest absolute Gasteiger partial charge is 0.379 e. The van der Waals surface area contributed by atoms with Crippen LogP contribution in [0, 0.1) is 0 Å². The number of hydrogen-bond donors (Lipinski definition) is 2. The van der Waals surface area contributed by atoms with Crippen LogP contribution in [0.5, 0.6) is 0 Å². The molecule has 4 rings (SSSR count). The Balaban J connectivity index is 1.58. The first-order valence-electron chi connectivity index (χ1n) is 9.20. The Morgan fingerprint density at radius 2 is 1.94 bits per heavy atom. The van der Waals surface area contributed by atoms with Crippen molar-refractivity contribution >= 4 is 33.2 Å². The summed E-state index contributed by atoms with van der Waals surface area (Å²) in [7, 11) is -3.87. The third-order valence-corrected chi connectivity index (χ3v) is 7.00. The number of anilines is 1. The molecular weight excluding hydrogens is 448 g/mol. The molecule has 1 aliphatic rings. The van der Waals surface area contributed by atoms with E-state index in [1.165, 1.54) is 22.5 Å². The number of morpholine rings is 1. The molecule has 1 aliphatic heterocycles. The summed E-state index contributed by atoms with van der Waals surface area (Å²) in [6.45, 7) is 1.02. The SMILES string of the molecule is O=C(Nc1cccc(-c2noc(=O)[nH]2)c1)c1ccc(Cl)c(S(=O)(=O)N2CCOCC2)c1. The van der Waals surface area contributed by atoms with Gasteiger partial charge in [-0.05, 0) is 30.3 Å². The van der Waals surface area contributed by atoms with Gasteiger partial charge in [0.2, 0.25) is 10.0 Å². The van der Waals surface area contributed by atoms with Gasteiger partial charge in [-0.1, -0.05) is 28.9 Å². The number of carbonyl (C=O) groups is 1. The van der Waals surface area contributed by atoms with E-state index < -0.39 is 21.7 Å². The van der Waals surface area contributed by atoms with Gasteiger partial charge in [0.25, 0.3) is 5.91 Å². The van der Waals surface area contributed by atoms with Gasteiger partial charge in [0.1, 0.15) is 4.90 Å². The second kappa shape index (κ2) is 8.63. The molecule has 1 amide bonds. The molecule has 0 bridgehead atoms. The molecule has 1 fully saturated rings. The summed E-state index contributed by atoms with van der Waals surface area (Å²) in [4.78, 5) is 26.2. The monoisotopic (exact) mass is 464 g/mol. The van der Waals surface area contributed by atoms with E-state index in [0.717, 1.165) is 0 Å². The zero-order valence-electron chi connectivity index (χ0n) is 16.0. The molecular formula is C19H17ClN4O6S. The summed E-state index contributed by atoms with van der Waals surface area (Å²) < 4.78 is 36.9. The Labute approximate surface area is 181 Å². The standard InChI is InChI=1S/C19H17ClN4O6S/c20-15-5-4-13(11-16(15)31(27,28)24-6-8-29-9-7-24)18(25)21-14-3-1-2-12(10-14)17-22-19(26)30-23-17/h1-5,10-11H,6-9H2,(H,21,25)(H,22,23,26). The minimum Gasteiger partial charge on any atom is -0.379 e. The predicted octanol–water partition coefficient (Wildman–Crippen LogP) is 1.96. The van der Waals surface area contributed by atoms with Crippen LogP contribution in [0.4, 0.5) is 5.69 Å². The summed E-state index contributed by atoms with van der Waals surface area (Å²) in [5.41, 5.74) is 1.06. The molecule has 2 heterocycles. The van der Waals surface area contributed by atoms with Crippen LogP contribution < -0.4 is 11.1 Å². The van der Waals surface area contributed by atoms with Gasteiger partial charge in [-0.25, -0.2) is 13.2 Å². The van der Waals surface area contributed by atoms with Crippen molar-refractivity contribution in [2.75, 3.05) is 31.6 Å². The van der Waals surface area contributed by atoms with Crippen molar-refractivity contribution in [2.45, 2.75) is 4.90 Å². The van der Waals surface area contributed by atoms with Gasteiger partial charge in [-0.3, -0.25) is 14.3 Å². The number of rotatable bonds is 5. The molecule has 1 saturated heterocycles. The Morgan fingerprint density at radius 3 is 2.65 bits per heavy atom. The zero-order valence-corrected chi connectivity index (χ0v) is 17.6. The first-order chi connectivity index (χ1) is 14.8. The number of nitrogens with one attached hydrogen (secondary N) is 2. The molecule has 12 heteroatoms. The molecule has 0 aliphatic carbocycles. The van der Waals surface area contributed by atoms with Crippen LogP contribution >= 0.6 is 11.6 Å². The predicted molar refractivity (Wildman–Crippen MR) is 112 cm³/mol. The fraction of sp³-hybridized carbons (Fsp3) is 0.211. The third-order valence-electron chi connectivity index (χ3n) is 4.62. The first-order valence-corrected chi connectivity index (χ1v) is 11.0. The molecule has 0 unspecified atom stereocenters. The molecule has 3 aromatic rings. The molecule has 0 saturated carbocycles. The summed E-state index contributed by atoms with van der Waals surface area (Å²) in [6.07, 6.45) is 0. The summed E-state index contributed by atoms with van der Waals surface area (Å²) in [5, 5.41) is 6.33. The van der Waals surface area contributed by atoms with Crippen LogP contribution in [0.3, 0.4) is 0 Å². The minimum atomic E-state index is -3.87. The second-order valence-electron chi connectivity index (χ2n) is 6.64. The lowest BCUT2D eigenvalue weighted by Gasteiger charge is -2.26. The minimum absolute atomic E-state index is 0.0278. The van der Waals surface area contributed by atoms with E-state index >= 15 is 0 Å². The van der Waals surface area contributed by atoms with Crippen molar-refractivity contribution in [3.05, 3.63) is 63.6 Å². The highest BCUT2D eigenvalue weighted by Crippen LogP contribution is 2.27. The lowest BCUT2D eigenvalue weighted by atomic mass is 10.1. The number of hydrogen-bond acceptors (Lipinski definition) is 7. The quantitative estimate of drug-likeness (QED) is 0.589. The molecule has 0 radical (unpaired) electrons. The number of benzene rings is 2. The van der Waals surface area contributed by atoms with Crippen LogP contribution in [0.25, 0.3) is 11.4 Å². The third kappa shape index (κ3) is 4.54. The summed E-state index contributed by atoms with van der Waals surface area (Å²) in [6, 6.07) is 10.6. The van der Waals surface area contributed by atoms with Gasteiger partial charge in [0.05, 0.1) is 18.2 Å². The highest BCUT2D eigenvalue weighted by atomic mass is 35.5. The molecule has 162 valence electrons. The maximum absolute atomic E-state index is 13.0. The van der Waals surface area contributed by atoms with E-state index in [4.69, 9.17) is 16.3 Å². The van der Waals surface area contributed by atoms with E-state index in [0.29, 0.717) is 24.5 Å². The molecule has 2 aromatic carbocycles. The number of aromatic amines is 1. The van der Waals surface area contributed by atoms with Crippen LogP contribution in [0.2, 0.25) is 5.02 Å². The maximum Gasteiger partial charge on any atom is 0.439 e. The maximum atomic E-state index is 13.0. The van der Waals surface area contributed by atoms with Crippen molar-refractivity contribution < 1.29 is 22.5 Å². The Bertz CT molecular complexity index is 1280. The first kappa shape index (κ1) is 21.2. The van der Waals surface area contributed by atoms with Gasteiger partial charge >= 0.3 is 5.76 Å². The summed E-state index contributed by atoms with van der Waals surface area (Å²) in [5.74, 6) is -1.01. The number of H-pyrrole nitrogens is 1. The largest absolute Gasteiger partial charge is 0.439 e. The van der Waals surface area contributed by atoms with Crippen molar-refractivity contribution in [3.63, 3.8) is 0 Å². The highest BCUT2D eigenvalue weighted by Gasteiger charge is 2.29. The van der Waals surface area contributed by atoms with Crippen molar-refractivity contribution in [1.82, 2.24) is 14.4 Å². The van der Waals surface area contributed by atoms with Crippen LogP contribution in [-0.2, 0) is 14.8 Å². The van der Waals surface area contributed by atoms with Crippen molar-refractivity contribution in [2.24, 2.45) is 0 Å². The van der Waals surface area contributed by atoms with Gasteiger partial charge in [-0.2, -0.15) is 4.31 Å². The average Bonchev–Trinajstić information content (AvgIpc) is 3.21. The van der Waals surface area contributed by atoms with E-state index in [2.05, 4.69) is 20.0 Å². The van der Waals surface area contributed by atoms with Gasteiger partial charge in [0.15, 0.2) is 5.82 Å². The Morgan fingerprint density at radius 1 is 1.16 bits per heavy atom. The number of sulfonamides is 1. The average molecular weight is 465 g/mol. The number of amides is 1. The van der Waals surface area contributed by atoms with E-state index in [9.17, 15) is 18.0 Å². The second-order valence-corrected chi connectivity index (χ2v) is 8.95. The number of ether oxygens (including phenoxy) is 1. The normalized spacial score (nSPS) is 15.0. The highest BCUT2D eigenvalue weighted by molar-refractivity contribution is 7.89. The topological polar surface area (TPSA) is 135 Å². The number of carbonyl (C=O) groups excluding carboxylic acids is 1. The van der Waals surface area contributed by atoms with Gasteiger partial charge in [0, 0.05) is 29.9 Å². The molecule has 2 N–H and O–H groups in total. The lowest BCUT2D eigenvalue weighted by Crippen LogP contribution is -2.40. The lowest BCUT2D eigenvalue weighted by molar-refractivity contribution is 0.0730. The van der Waals surface area contributed by atoms with Crippen LogP contribution in [0.15, 0.2) is 56.7 Å². The zero-order chi connectivity index (χ0) is 22.0. The molecule has 0 spiro atoms. The fourth-order valence-corrected chi connectivity index (χ4v) is 4.98. The fourth-order valence-electron chi connectivity index (χ4n) is 3.07. The van der Waals surface area contributed by atoms with Crippen LogP contribution in [-0.4, -0.2) is 55.1 Å². The molecule has 0 atom stereocenters. The Hall–Kier alpha value is -2.99. The van der Waals surface area contributed by atoms with Crippen molar-refractivity contribution in [1.29, 1.82) is 0 Å². The van der Waals surface area contributed by atoms with Gasteiger partial charge in [-0.15, -0.1) is 0 Å². The number of nitrogens with zero attached hydrogens (tertiary/aromatic N) is 2. The molecule has 1 aromatic heterocycles. The Kier molecular flexibility index (Phi) is 5.92. The van der Waals surface area contributed by atoms with Crippen molar-refractivity contribution in [3.8, 4) is 11.4 Å². The number of aromatic nitrogens is 2.